The molecule has 1 aliphatic heterocycles. The first-order valence-electron chi connectivity index (χ1n) is 12.0. The number of nitrogens with two attached hydrogens (primary N) is 1. The number of nitrogens with zero attached hydrogens (tertiary/aromatic N) is 7. The zero-order valence-electron chi connectivity index (χ0n) is 20.6. The third-order valence-electron chi connectivity index (χ3n) is 6.42. The molecular weight excluding hydrogens is 475 g/mol. The summed E-state index contributed by atoms with van der Waals surface area (Å²) in [6.07, 6.45) is 3.21. The lowest BCUT2D eigenvalue weighted by Gasteiger charge is -2.29. The molecule has 1 aromatic carbocycles. The van der Waals surface area contributed by atoms with Crippen LogP contribution in [0, 0.1) is 12.7 Å². The van der Waals surface area contributed by atoms with Gasteiger partial charge in [-0.05, 0) is 49.7 Å². The van der Waals surface area contributed by atoms with E-state index in [-0.39, 0.29) is 12.1 Å². The van der Waals surface area contributed by atoms with Crippen molar-refractivity contribution in [1.82, 2.24) is 30.0 Å². The molecule has 190 valence electrons. The van der Waals surface area contributed by atoms with Gasteiger partial charge in [-0.2, -0.15) is 5.10 Å². The first-order valence-corrected chi connectivity index (χ1v) is 12.0. The number of carbonyl (C=O) groups excluding carboxylic acids is 1. The Morgan fingerprint density at radius 1 is 1.16 bits per heavy atom. The van der Waals surface area contributed by atoms with Crippen LogP contribution in [0.4, 0.5) is 16.0 Å². The number of fused-ring (bicyclic) bond motifs is 1. The fourth-order valence-corrected chi connectivity index (χ4v) is 4.26. The number of amides is 1. The Hall–Kier alpha value is -4.25. The van der Waals surface area contributed by atoms with E-state index in [1.54, 1.807) is 31.5 Å². The van der Waals surface area contributed by atoms with Crippen LogP contribution in [0.5, 0.6) is 0 Å². The Balaban J connectivity index is 1.48. The summed E-state index contributed by atoms with van der Waals surface area (Å²) in [5.41, 5.74) is 7.49. The molecule has 2 N–H and O–H groups in total. The van der Waals surface area contributed by atoms with E-state index in [0.717, 1.165) is 24.5 Å². The molecule has 4 heterocycles. The monoisotopic (exact) mass is 502 g/mol. The van der Waals surface area contributed by atoms with Gasteiger partial charge in [-0.1, -0.05) is 0 Å². The van der Waals surface area contributed by atoms with E-state index < -0.39 is 17.8 Å². The largest absolute Gasteiger partial charge is 0.383 e. The lowest BCUT2D eigenvalue weighted by molar-refractivity contribution is 0.0658. The summed E-state index contributed by atoms with van der Waals surface area (Å²) in [5, 5.41) is 9.33. The van der Waals surface area contributed by atoms with Gasteiger partial charge in [0, 0.05) is 36.9 Å². The van der Waals surface area contributed by atoms with Crippen LogP contribution in [0.1, 0.15) is 40.4 Å². The number of hydrogen-bond acceptors (Lipinski definition) is 9. The average Bonchev–Trinajstić information content (AvgIpc) is 2.93. The lowest BCUT2D eigenvalue weighted by Crippen LogP contribution is -2.37. The van der Waals surface area contributed by atoms with Gasteiger partial charge >= 0.3 is 0 Å². The van der Waals surface area contributed by atoms with Crippen molar-refractivity contribution in [1.29, 1.82) is 0 Å². The van der Waals surface area contributed by atoms with E-state index in [0.29, 0.717) is 41.5 Å². The molecule has 1 aliphatic rings. The molecule has 0 spiro atoms. The molecule has 0 saturated carbocycles. The molecule has 3 aromatic heterocycles. The topological polar surface area (TPSA) is 123 Å². The molecule has 0 unspecified atom stereocenters. The number of pyridine rings is 1. The number of nitrogen functional groups attached to an aromatic ring is 1. The van der Waals surface area contributed by atoms with Crippen molar-refractivity contribution in [2.45, 2.75) is 26.4 Å². The zero-order chi connectivity index (χ0) is 25.9. The highest BCUT2D eigenvalue weighted by molar-refractivity contribution is 5.98. The number of benzene rings is 1. The van der Waals surface area contributed by atoms with Gasteiger partial charge in [0.1, 0.15) is 17.5 Å². The molecule has 37 heavy (non-hydrogen) atoms. The van der Waals surface area contributed by atoms with Crippen LogP contribution in [0.3, 0.4) is 0 Å². The summed E-state index contributed by atoms with van der Waals surface area (Å²) >= 11 is 0. The molecule has 1 fully saturated rings. The Morgan fingerprint density at radius 2 is 1.92 bits per heavy atom. The molecule has 1 saturated heterocycles. The number of halogens is 1. The molecule has 5 rings (SSSR count). The van der Waals surface area contributed by atoms with Crippen LogP contribution in [0.15, 0.2) is 48.8 Å². The molecule has 10 nitrogen and oxygen atoms in total. The van der Waals surface area contributed by atoms with Crippen LogP contribution in [-0.2, 0) is 11.3 Å². The summed E-state index contributed by atoms with van der Waals surface area (Å²) in [7, 11) is 0. The minimum absolute atomic E-state index is 0.0841. The number of morpholine rings is 1. The predicted octanol–water partition coefficient (Wildman–Crippen LogP) is 3.08. The zero-order valence-corrected chi connectivity index (χ0v) is 20.6. The second-order valence-electron chi connectivity index (χ2n) is 8.91. The van der Waals surface area contributed by atoms with Crippen molar-refractivity contribution in [2.75, 3.05) is 36.9 Å². The lowest BCUT2D eigenvalue weighted by atomic mass is 10.1. The summed E-state index contributed by atoms with van der Waals surface area (Å²) < 4.78 is 20.6. The van der Waals surface area contributed by atoms with Crippen molar-refractivity contribution in [3.63, 3.8) is 0 Å². The van der Waals surface area contributed by atoms with Gasteiger partial charge < -0.3 is 20.3 Å². The third kappa shape index (κ3) is 5.17. The van der Waals surface area contributed by atoms with E-state index in [1.165, 1.54) is 17.0 Å². The summed E-state index contributed by atoms with van der Waals surface area (Å²) in [5.74, 6) is 0.287. The van der Waals surface area contributed by atoms with Crippen LogP contribution in [-0.4, -0.2) is 62.3 Å². The Kier molecular flexibility index (Phi) is 6.87. The maximum atomic E-state index is 15.2. The number of aromatic nitrogens is 5. The number of rotatable bonds is 6. The molecule has 1 amide bonds. The molecule has 0 radical (unpaired) electrons. The van der Waals surface area contributed by atoms with Gasteiger partial charge in [0.2, 0.25) is 0 Å². The normalized spacial score (nSPS) is 14.5. The summed E-state index contributed by atoms with van der Waals surface area (Å²) in [4.78, 5) is 30.3. The summed E-state index contributed by atoms with van der Waals surface area (Å²) in [6, 6.07) is 9.36. The van der Waals surface area contributed by atoms with E-state index in [4.69, 9.17) is 10.5 Å². The fourth-order valence-electron chi connectivity index (χ4n) is 4.26. The van der Waals surface area contributed by atoms with Crippen molar-refractivity contribution >= 4 is 28.4 Å². The predicted molar refractivity (Wildman–Crippen MR) is 136 cm³/mol. The van der Waals surface area contributed by atoms with Gasteiger partial charge in [-0.3, -0.25) is 4.79 Å². The minimum atomic E-state index is -0.687. The third-order valence-corrected chi connectivity index (χ3v) is 6.42. The standard InChI is InChI=1S/C26H27FN8O2/c1-16-12-18-13-20(21(27)14-22(18)31-24(16)28)26(36)35(17(2)25-29-6-3-7-30-25)15-19-4-5-23(33-32-19)34-8-10-37-11-9-34/h3-7,12-14,17H,8-11,15H2,1-2H3,(H2,28,31)/t17-/m1/s1. The average molecular weight is 503 g/mol. The highest BCUT2D eigenvalue weighted by Gasteiger charge is 2.28. The number of aryl methyl sites for hydroxylation is 1. The van der Waals surface area contributed by atoms with E-state index in [9.17, 15) is 4.79 Å². The molecule has 0 bridgehead atoms. The first-order chi connectivity index (χ1) is 17.9. The fraction of sp³-hybridized carbons (Fsp3) is 0.308. The van der Waals surface area contributed by atoms with Crippen molar-refractivity contribution in [3.05, 3.63) is 77.3 Å². The van der Waals surface area contributed by atoms with Crippen molar-refractivity contribution in [3.8, 4) is 0 Å². The number of anilines is 2. The second-order valence-corrected chi connectivity index (χ2v) is 8.91. The van der Waals surface area contributed by atoms with Gasteiger partial charge in [0.15, 0.2) is 5.82 Å². The van der Waals surface area contributed by atoms with Gasteiger partial charge in [0.25, 0.3) is 5.91 Å². The van der Waals surface area contributed by atoms with Crippen LogP contribution < -0.4 is 10.6 Å². The quantitative estimate of drug-likeness (QED) is 0.424. The number of carbonyl (C=O) groups is 1. The smallest absolute Gasteiger partial charge is 0.257 e. The van der Waals surface area contributed by atoms with Crippen molar-refractivity contribution in [2.24, 2.45) is 0 Å². The Labute approximate surface area is 213 Å². The minimum Gasteiger partial charge on any atom is -0.383 e. The molecule has 4 aromatic rings. The van der Waals surface area contributed by atoms with Gasteiger partial charge in [-0.25, -0.2) is 19.3 Å². The molecular formula is C26H27FN8O2. The maximum absolute atomic E-state index is 15.2. The highest BCUT2D eigenvalue weighted by atomic mass is 19.1. The van der Waals surface area contributed by atoms with Crippen LogP contribution in [0.25, 0.3) is 10.9 Å². The van der Waals surface area contributed by atoms with Crippen molar-refractivity contribution < 1.29 is 13.9 Å². The second kappa shape index (κ2) is 10.4. The van der Waals surface area contributed by atoms with Crippen LogP contribution in [0.2, 0.25) is 0 Å². The molecule has 0 aliphatic carbocycles. The number of hydrogen-bond donors (Lipinski definition) is 1. The van der Waals surface area contributed by atoms with Gasteiger partial charge in [0.05, 0.1) is 42.6 Å². The van der Waals surface area contributed by atoms with Gasteiger partial charge in [-0.15, -0.1) is 5.10 Å². The highest BCUT2D eigenvalue weighted by Crippen LogP contribution is 2.27. The van der Waals surface area contributed by atoms with Crippen LogP contribution >= 0.6 is 0 Å². The maximum Gasteiger partial charge on any atom is 0.257 e. The van der Waals surface area contributed by atoms with E-state index >= 15 is 4.39 Å². The molecule has 1 atom stereocenters. The van der Waals surface area contributed by atoms with E-state index in [1.807, 2.05) is 19.1 Å². The first kappa shape index (κ1) is 24.4. The summed E-state index contributed by atoms with van der Waals surface area (Å²) in [6.45, 7) is 6.45. The number of ether oxygens (including phenoxy) is 1. The Morgan fingerprint density at radius 3 is 2.62 bits per heavy atom. The SMILES string of the molecule is Cc1cc2cc(C(=O)N(Cc3ccc(N4CCOCC4)nn3)[C@H](C)c3ncccn3)c(F)cc2nc1N. The Bertz CT molecular complexity index is 1410. The van der Waals surface area contributed by atoms with E-state index in [2.05, 4.69) is 30.0 Å². The molecule has 11 heteroatoms.